The van der Waals surface area contributed by atoms with Crippen molar-refractivity contribution in [1.82, 2.24) is 4.90 Å². The van der Waals surface area contributed by atoms with Crippen LogP contribution in [0.4, 0.5) is 36.8 Å². The zero-order chi connectivity index (χ0) is 26.6. The molecule has 0 aliphatic rings. The van der Waals surface area contributed by atoms with Gasteiger partial charge in [-0.1, -0.05) is 25.4 Å². The van der Waals surface area contributed by atoms with Crippen molar-refractivity contribution in [2.45, 2.75) is 58.6 Å². The number of anilines is 1. The Balaban J connectivity index is 2.56. The maximum absolute atomic E-state index is 13.3. The van der Waals surface area contributed by atoms with E-state index in [1.165, 1.54) is 6.92 Å². The molecule has 0 radical (unpaired) electrons. The average Bonchev–Trinajstić information content (AvgIpc) is 2.75. The van der Waals surface area contributed by atoms with E-state index in [1.807, 2.05) is 18.7 Å². The molecule has 4 nitrogen and oxygen atoms in total. The summed E-state index contributed by atoms with van der Waals surface area (Å²) in [5.41, 5.74) is -2.22. The fourth-order valence-electron chi connectivity index (χ4n) is 3.89. The van der Waals surface area contributed by atoms with Crippen molar-refractivity contribution in [3.8, 4) is 0 Å². The largest absolute Gasteiger partial charge is 0.465 e. The van der Waals surface area contributed by atoms with Crippen molar-refractivity contribution in [3.63, 3.8) is 0 Å². The molecular formula is C24H27ClF6N2O2. The summed E-state index contributed by atoms with van der Waals surface area (Å²) >= 11 is 6.17. The van der Waals surface area contributed by atoms with E-state index in [0.717, 1.165) is 17.7 Å². The third kappa shape index (κ3) is 7.43. The van der Waals surface area contributed by atoms with Crippen LogP contribution in [-0.4, -0.2) is 29.2 Å². The highest BCUT2D eigenvalue weighted by molar-refractivity contribution is 6.30. The minimum absolute atomic E-state index is 0.0144. The highest BCUT2D eigenvalue weighted by Crippen LogP contribution is 2.38. The van der Waals surface area contributed by atoms with E-state index in [0.29, 0.717) is 41.5 Å². The van der Waals surface area contributed by atoms with Gasteiger partial charge in [-0.05, 0) is 67.3 Å². The van der Waals surface area contributed by atoms with Crippen LogP contribution in [0.1, 0.15) is 61.9 Å². The van der Waals surface area contributed by atoms with Gasteiger partial charge in [0.2, 0.25) is 0 Å². The Morgan fingerprint density at radius 3 is 1.89 bits per heavy atom. The fourth-order valence-corrected chi connectivity index (χ4v) is 4.07. The Hall–Kier alpha value is -2.62. The SMILES string of the molecule is CCCN(CCC)c1ccc(Cl)cc1C(C)N(Cc1cc(C(F)(F)F)cc(C(F)(F)F)c1)C(=O)O. The summed E-state index contributed by atoms with van der Waals surface area (Å²) in [7, 11) is 0. The van der Waals surface area contributed by atoms with Gasteiger partial charge in [0.1, 0.15) is 0 Å². The van der Waals surface area contributed by atoms with Crippen LogP contribution in [0.2, 0.25) is 5.02 Å². The molecule has 0 aliphatic carbocycles. The van der Waals surface area contributed by atoms with Gasteiger partial charge in [0.15, 0.2) is 0 Å². The number of benzene rings is 2. The Labute approximate surface area is 205 Å². The van der Waals surface area contributed by atoms with E-state index in [9.17, 15) is 36.2 Å². The minimum Gasteiger partial charge on any atom is -0.465 e. The van der Waals surface area contributed by atoms with Gasteiger partial charge in [-0.3, -0.25) is 4.90 Å². The van der Waals surface area contributed by atoms with Crippen molar-refractivity contribution in [2.24, 2.45) is 0 Å². The second-order valence-electron chi connectivity index (χ2n) is 8.19. The van der Waals surface area contributed by atoms with E-state index in [2.05, 4.69) is 0 Å². The summed E-state index contributed by atoms with van der Waals surface area (Å²) < 4.78 is 79.6. The lowest BCUT2D eigenvalue weighted by atomic mass is 10.0. The van der Waals surface area contributed by atoms with Crippen molar-refractivity contribution >= 4 is 23.4 Å². The molecule has 1 unspecified atom stereocenters. The van der Waals surface area contributed by atoms with Crippen molar-refractivity contribution in [2.75, 3.05) is 18.0 Å². The van der Waals surface area contributed by atoms with Crippen molar-refractivity contribution < 1.29 is 36.2 Å². The molecule has 1 amide bonds. The van der Waals surface area contributed by atoms with E-state index in [4.69, 9.17) is 11.6 Å². The molecule has 35 heavy (non-hydrogen) atoms. The lowest BCUT2D eigenvalue weighted by Crippen LogP contribution is -2.34. The summed E-state index contributed by atoms with van der Waals surface area (Å²) in [6, 6.07) is 5.14. The number of alkyl halides is 6. The molecule has 1 atom stereocenters. The van der Waals surface area contributed by atoms with E-state index < -0.39 is 47.7 Å². The molecule has 2 aromatic carbocycles. The van der Waals surface area contributed by atoms with Crippen molar-refractivity contribution in [1.29, 1.82) is 0 Å². The molecule has 0 aromatic heterocycles. The van der Waals surface area contributed by atoms with Crippen LogP contribution in [0.5, 0.6) is 0 Å². The van der Waals surface area contributed by atoms with Crippen LogP contribution < -0.4 is 4.90 Å². The predicted octanol–water partition coefficient (Wildman–Crippen LogP) is 8.25. The smallest absolute Gasteiger partial charge is 0.416 e. The molecule has 0 bridgehead atoms. The number of rotatable bonds is 9. The Kier molecular flexibility index (Phi) is 9.33. The normalized spacial score (nSPS) is 13.0. The lowest BCUT2D eigenvalue weighted by molar-refractivity contribution is -0.143. The van der Waals surface area contributed by atoms with Gasteiger partial charge in [-0.25, -0.2) is 4.79 Å². The summed E-state index contributed by atoms with van der Waals surface area (Å²) in [5, 5.41) is 10.2. The number of nitrogens with zero attached hydrogens (tertiary/aromatic N) is 2. The molecule has 2 aromatic rings. The van der Waals surface area contributed by atoms with Crippen LogP contribution in [0.3, 0.4) is 0 Å². The zero-order valence-corrected chi connectivity index (χ0v) is 20.2. The number of hydrogen-bond donors (Lipinski definition) is 1. The lowest BCUT2D eigenvalue weighted by Gasteiger charge is -2.33. The quantitative estimate of drug-likeness (QED) is 0.336. The summed E-state index contributed by atoms with van der Waals surface area (Å²) in [6.45, 7) is 6.15. The van der Waals surface area contributed by atoms with Crippen LogP contribution in [0.25, 0.3) is 0 Å². The van der Waals surface area contributed by atoms with Crippen LogP contribution in [-0.2, 0) is 18.9 Å². The number of amides is 1. The highest BCUT2D eigenvalue weighted by atomic mass is 35.5. The minimum atomic E-state index is -5.03. The van der Waals surface area contributed by atoms with Gasteiger partial charge in [-0.15, -0.1) is 0 Å². The van der Waals surface area contributed by atoms with E-state index in [-0.39, 0.29) is 6.07 Å². The first-order chi connectivity index (χ1) is 16.2. The maximum Gasteiger partial charge on any atom is 0.416 e. The molecular weight excluding hydrogens is 498 g/mol. The first-order valence-electron chi connectivity index (χ1n) is 11.0. The average molecular weight is 525 g/mol. The van der Waals surface area contributed by atoms with E-state index in [1.54, 1.807) is 18.2 Å². The van der Waals surface area contributed by atoms with Crippen LogP contribution >= 0.6 is 11.6 Å². The second kappa shape index (κ2) is 11.4. The topological polar surface area (TPSA) is 43.8 Å². The monoisotopic (exact) mass is 524 g/mol. The zero-order valence-electron chi connectivity index (χ0n) is 19.5. The Bertz CT molecular complexity index is 988. The van der Waals surface area contributed by atoms with Gasteiger partial charge in [-0.2, -0.15) is 26.3 Å². The molecule has 1 N–H and O–H groups in total. The number of carboxylic acid groups (broad SMARTS) is 1. The molecule has 194 valence electrons. The van der Waals surface area contributed by atoms with Gasteiger partial charge >= 0.3 is 18.4 Å². The second-order valence-corrected chi connectivity index (χ2v) is 8.63. The van der Waals surface area contributed by atoms with Gasteiger partial charge in [0.25, 0.3) is 0 Å². The van der Waals surface area contributed by atoms with Crippen LogP contribution in [0, 0.1) is 0 Å². The van der Waals surface area contributed by atoms with Crippen LogP contribution in [0.15, 0.2) is 36.4 Å². The Morgan fingerprint density at radius 1 is 0.943 bits per heavy atom. The fraction of sp³-hybridized carbons (Fsp3) is 0.458. The Morgan fingerprint density at radius 2 is 1.46 bits per heavy atom. The summed E-state index contributed by atoms with van der Waals surface area (Å²) in [4.78, 5) is 15.0. The van der Waals surface area contributed by atoms with Crippen molar-refractivity contribution in [3.05, 3.63) is 63.7 Å². The molecule has 0 fully saturated rings. The van der Waals surface area contributed by atoms with Gasteiger partial charge in [0.05, 0.1) is 17.2 Å². The number of halogens is 7. The van der Waals surface area contributed by atoms with Gasteiger partial charge in [0, 0.05) is 30.3 Å². The third-order valence-corrected chi connectivity index (χ3v) is 5.72. The van der Waals surface area contributed by atoms with Gasteiger partial charge < -0.3 is 10.0 Å². The predicted molar refractivity (Wildman–Crippen MR) is 123 cm³/mol. The summed E-state index contributed by atoms with van der Waals surface area (Å²) in [6.07, 6.45) is -9.94. The number of hydrogen-bond acceptors (Lipinski definition) is 2. The number of carbonyl (C=O) groups is 1. The third-order valence-electron chi connectivity index (χ3n) is 5.48. The molecule has 0 heterocycles. The molecule has 0 aliphatic heterocycles. The molecule has 0 spiro atoms. The molecule has 0 saturated heterocycles. The van der Waals surface area contributed by atoms with E-state index >= 15 is 0 Å². The summed E-state index contributed by atoms with van der Waals surface area (Å²) in [5.74, 6) is 0. The molecule has 2 rings (SSSR count). The first kappa shape index (κ1) is 28.6. The highest BCUT2D eigenvalue weighted by Gasteiger charge is 2.37. The molecule has 0 saturated carbocycles. The molecule has 11 heteroatoms. The standard InChI is InChI=1S/C24H27ClF6N2O2/c1-4-8-32(9-5-2)21-7-6-19(25)13-20(21)15(3)33(22(34)35)14-16-10-17(23(26,27)28)12-18(11-16)24(29,30)31/h6-7,10-13,15H,4-5,8-9,14H2,1-3H3,(H,34,35). The first-order valence-corrected chi connectivity index (χ1v) is 11.4. The maximum atomic E-state index is 13.3.